The first kappa shape index (κ1) is 16.3. The molecule has 0 radical (unpaired) electrons. The summed E-state index contributed by atoms with van der Waals surface area (Å²) in [4.78, 5) is 3.83. The zero-order valence-electron chi connectivity index (χ0n) is 11.1. The minimum Gasteiger partial charge on any atom is -0.375 e. The second-order valence-electron chi connectivity index (χ2n) is 4.78. The van der Waals surface area contributed by atoms with Crippen molar-refractivity contribution in [2.24, 2.45) is 0 Å². The predicted molar refractivity (Wildman–Crippen MR) is 75.4 cm³/mol. The van der Waals surface area contributed by atoms with Gasteiger partial charge < -0.3 is 5.73 Å². The Morgan fingerprint density at radius 1 is 1.32 bits per heavy atom. The van der Waals surface area contributed by atoms with Crippen LogP contribution in [-0.4, -0.2) is 39.4 Å². The summed E-state index contributed by atoms with van der Waals surface area (Å²) in [5.74, 6) is 0. The van der Waals surface area contributed by atoms with Crippen LogP contribution in [0, 0.1) is 6.92 Å². The molecular weight excluding hydrogens is 310 g/mol. The molecule has 3 N–H and O–H groups in total. The Morgan fingerprint density at radius 3 is 2.21 bits per heavy atom. The second-order valence-corrected chi connectivity index (χ2v) is 10.4. The normalized spacial score (nSPS) is 13.7. The average molecular weight is 327 g/mol. The fourth-order valence-electron chi connectivity index (χ4n) is 1.12. The first-order valence-electron chi connectivity index (χ1n) is 5.29. The van der Waals surface area contributed by atoms with Crippen molar-refractivity contribution in [3.63, 3.8) is 0 Å². The lowest BCUT2D eigenvalue weighted by Gasteiger charge is -2.22. The minimum absolute atomic E-state index is 0.00861. The Balaban J connectivity index is 2.98. The van der Waals surface area contributed by atoms with Gasteiger partial charge in [-0.3, -0.25) is 0 Å². The van der Waals surface area contributed by atoms with Crippen molar-refractivity contribution < 1.29 is 16.8 Å². The van der Waals surface area contributed by atoms with Crippen molar-refractivity contribution in [3.05, 3.63) is 5.69 Å². The third-order valence-electron chi connectivity index (χ3n) is 2.71. The summed E-state index contributed by atoms with van der Waals surface area (Å²) >= 11 is 0.846. The Labute approximate surface area is 117 Å². The molecule has 0 amide bonds. The quantitative estimate of drug-likeness (QED) is 0.793. The van der Waals surface area contributed by atoms with E-state index in [1.807, 2.05) is 0 Å². The largest absolute Gasteiger partial charge is 0.375 e. The molecule has 0 spiro atoms. The Hall–Kier alpha value is -0.710. The van der Waals surface area contributed by atoms with Gasteiger partial charge in [0.05, 0.1) is 10.4 Å². The highest BCUT2D eigenvalue weighted by atomic mass is 32.2. The van der Waals surface area contributed by atoms with E-state index in [4.69, 9.17) is 5.73 Å². The number of nitrogens with one attached hydrogen (secondary N) is 1. The molecule has 0 atom stereocenters. The molecule has 0 bridgehead atoms. The fraction of sp³-hybridized carbons (Fsp3) is 0.667. The average Bonchev–Trinajstić information content (AvgIpc) is 2.54. The van der Waals surface area contributed by atoms with Gasteiger partial charge in [-0.15, -0.1) is 0 Å². The van der Waals surface area contributed by atoms with Crippen molar-refractivity contribution in [3.8, 4) is 0 Å². The summed E-state index contributed by atoms with van der Waals surface area (Å²) in [5, 5.41) is 0.153. The lowest BCUT2D eigenvalue weighted by atomic mass is 10.2. The van der Waals surface area contributed by atoms with Crippen LogP contribution in [0.25, 0.3) is 0 Å². The molecule has 0 aromatic carbocycles. The first-order valence-corrected chi connectivity index (χ1v) is 9.48. The van der Waals surface area contributed by atoms with E-state index in [0.717, 1.165) is 17.6 Å². The summed E-state index contributed by atoms with van der Waals surface area (Å²) in [6.45, 7) is 4.23. The van der Waals surface area contributed by atoms with Gasteiger partial charge in [0.15, 0.2) is 19.2 Å². The molecular formula is C9H17N3O4S3. The maximum Gasteiger partial charge on any atom is 0.252 e. The SMILES string of the molecule is Cc1nc(N)sc1S(=O)(=O)NCC(C)(C)S(C)(=O)=O. The molecule has 1 aromatic heterocycles. The van der Waals surface area contributed by atoms with E-state index in [0.29, 0.717) is 5.69 Å². The molecule has 110 valence electrons. The third-order valence-corrected chi connectivity index (χ3v) is 7.86. The monoisotopic (exact) mass is 327 g/mol. The van der Waals surface area contributed by atoms with Crippen molar-refractivity contribution in [1.29, 1.82) is 0 Å². The maximum absolute atomic E-state index is 12.0. The molecule has 0 fully saturated rings. The van der Waals surface area contributed by atoms with Crippen LogP contribution in [0.15, 0.2) is 4.21 Å². The van der Waals surface area contributed by atoms with Crippen molar-refractivity contribution >= 4 is 36.3 Å². The topological polar surface area (TPSA) is 119 Å². The lowest BCUT2D eigenvalue weighted by molar-refractivity contribution is 0.537. The maximum atomic E-state index is 12.0. The van der Waals surface area contributed by atoms with Crippen LogP contribution in [0.2, 0.25) is 0 Å². The van der Waals surface area contributed by atoms with E-state index < -0.39 is 24.6 Å². The van der Waals surface area contributed by atoms with E-state index in [1.165, 1.54) is 20.8 Å². The minimum atomic E-state index is -3.80. The molecule has 0 saturated carbocycles. The van der Waals surface area contributed by atoms with E-state index in [9.17, 15) is 16.8 Å². The number of aryl methyl sites for hydroxylation is 1. The number of sulfonamides is 1. The van der Waals surface area contributed by atoms with Gasteiger partial charge >= 0.3 is 0 Å². The molecule has 10 heteroatoms. The van der Waals surface area contributed by atoms with Gasteiger partial charge in [0.1, 0.15) is 0 Å². The van der Waals surface area contributed by atoms with Crippen LogP contribution in [-0.2, 0) is 19.9 Å². The zero-order valence-corrected chi connectivity index (χ0v) is 13.5. The van der Waals surface area contributed by atoms with Gasteiger partial charge in [0.25, 0.3) is 10.0 Å². The lowest BCUT2D eigenvalue weighted by Crippen LogP contribution is -2.43. The molecule has 19 heavy (non-hydrogen) atoms. The molecule has 0 aliphatic heterocycles. The molecule has 1 heterocycles. The third kappa shape index (κ3) is 3.65. The first-order chi connectivity index (χ1) is 8.37. The Morgan fingerprint density at radius 2 is 1.84 bits per heavy atom. The summed E-state index contributed by atoms with van der Waals surface area (Å²) in [6.07, 6.45) is 1.07. The second kappa shape index (κ2) is 5.00. The highest BCUT2D eigenvalue weighted by molar-refractivity contribution is 7.92. The van der Waals surface area contributed by atoms with Crippen LogP contribution >= 0.6 is 11.3 Å². The van der Waals surface area contributed by atoms with E-state index in [-0.39, 0.29) is 15.9 Å². The molecule has 7 nitrogen and oxygen atoms in total. The van der Waals surface area contributed by atoms with Gasteiger partial charge in [-0.2, -0.15) is 0 Å². The zero-order chi connectivity index (χ0) is 15.1. The highest BCUT2D eigenvalue weighted by Gasteiger charge is 2.32. The molecule has 1 rings (SSSR count). The van der Waals surface area contributed by atoms with Gasteiger partial charge in [-0.1, -0.05) is 11.3 Å². The number of anilines is 1. The molecule has 0 unspecified atom stereocenters. The van der Waals surface area contributed by atoms with Crippen molar-refractivity contribution in [1.82, 2.24) is 9.71 Å². The number of hydrogen-bond donors (Lipinski definition) is 2. The number of nitrogens with two attached hydrogens (primary N) is 1. The van der Waals surface area contributed by atoms with E-state index in [2.05, 4.69) is 9.71 Å². The van der Waals surface area contributed by atoms with Crippen LogP contribution < -0.4 is 10.5 Å². The molecule has 0 aliphatic rings. The highest BCUT2D eigenvalue weighted by Crippen LogP contribution is 2.25. The molecule has 0 saturated heterocycles. The van der Waals surface area contributed by atoms with Crippen molar-refractivity contribution in [2.45, 2.75) is 29.7 Å². The number of nitrogen functional groups attached to an aromatic ring is 1. The van der Waals surface area contributed by atoms with E-state index in [1.54, 1.807) is 0 Å². The van der Waals surface area contributed by atoms with Crippen LogP contribution in [0.1, 0.15) is 19.5 Å². The van der Waals surface area contributed by atoms with Crippen molar-refractivity contribution in [2.75, 3.05) is 18.5 Å². The van der Waals surface area contributed by atoms with Gasteiger partial charge in [-0.25, -0.2) is 26.5 Å². The van der Waals surface area contributed by atoms with Crippen LogP contribution in [0.4, 0.5) is 5.13 Å². The van der Waals surface area contributed by atoms with Gasteiger partial charge in [-0.05, 0) is 20.8 Å². The van der Waals surface area contributed by atoms with Crippen LogP contribution in [0.5, 0.6) is 0 Å². The molecule has 0 aliphatic carbocycles. The van der Waals surface area contributed by atoms with Gasteiger partial charge in [0, 0.05) is 12.8 Å². The fourth-order valence-corrected chi connectivity index (χ4v) is 4.10. The summed E-state index contributed by atoms with van der Waals surface area (Å²) in [5.41, 5.74) is 5.74. The summed E-state index contributed by atoms with van der Waals surface area (Å²) in [6, 6.07) is 0. The predicted octanol–water partition coefficient (Wildman–Crippen LogP) is 0.135. The van der Waals surface area contributed by atoms with E-state index >= 15 is 0 Å². The van der Waals surface area contributed by atoms with Gasteiger partial charge in [0.2, 0.25) is 0 Å². The van der Waals surface area contributed by atoms with Crippen LogP contribution in [0.3, 0.4) is 0 Å². The number of sulfone groups is 1. The number of rotatable bonds is 5. The Bertz CT molecular complexity index is 674. The Kier molecular flexibility index (Phi) is 4.30. The number of aromatic nitrogens is 1. The smallest absolute Gasteiger partial charge is 0.252 e. The number of nitrogens with zero attached hydrogens (tertiary/aromatic N) is 1. The number of thiazole rings is 1. The standard InChI is InChI=1S/C9H17N3O4S3/c1-6-7(17-8(10)12-6)19(15,16)11-5-9(2,3)18(4,13)14/h11H,5H2,1-4H3,(H2,10,12). The summed E-state index contributed by atoms with van der Waals surface area (Å²) < 4.78 is 48.2. The summed E-state index contributed by atoms with van der Waals surface area (Å²) in [7, 11) is -7.18. The number of hydrogen-bond acceptors (Lipinski definition) is 7. The molecule has 1 aromatic rings.